The number of halogens is 1. The smallest absolute Gasteiger partial charge is 0.235 e. The van der Waals surface area contributed by atoms with Gasteiger partial charge in [-0.2, -0.15) is 0 Å². The van der Waals surface area contributed by atoms with Crippen LogP contribution in [-0.2, 0) is 10.0 Å². The third kappa shape index (κ3) is 3.20. The molecule has 0 aromatic heterocycles. The van der Waals surface area contributed by atoms with E-state index in [0.29, 0.717) is 5.56 Å². The maximum absolute atomic E-state index is 13.0. The first-order chi connectivity index (χ1) is 6.81. The van der Waals surface area contributed by atoms with Gasteiger partial charge >= 0.3 is 0 Å². The second-order valence-corrected chi connectivity index (χ2v) is 5.95. The van der Waals surface area contributed by atoms with Crippen LogP contribution in [0, 0.1) is 12.7 Å². The highest BCUT2D eigenvalue weighted by Gasteiger charge is 2.15. The van der Waals surface area contributed by atoms with Crippen molar-refractivity contribution < 1.29 is 12.8 Å². The van der Waals surface area contributed by atoms with Crippen LogP contribution in [0.2, 0.25) is 0 Å². The highest BCUT2D eigenvalue weighted by molar-refractivity contribution is 7.93. The topological polar surface area (TPSA) is 46.2 Å². The molecule has 0 unspecified atom stereocenters. The quantitative estimate of drug-likeness (QED) is 0.867. The van der Waals surface area contributed by atoms with Crippen LogP contribution in [0.1, 0.15) is 19.4 Å². The summed E-state index contributed by atoms with van der Waals surface area (Å²) < 4.78 is 38.3. The van der Waals surface area contributed by atoms with Crippen LogP contribution in [0.4, 0.5) is 10.1 Å². The summed E-state index contributed by atoms with van der Waals surface area (Å²) in [5.74, 6) is -0.448. The number of sulfonamides is 1. The average Bonchev–Trinajstić information content (AvgIpc) is 1.99. The fraction of sp³-hybridized carbons (Fsp3) is 0.400. The maximum Gasteiger partial charge on any atom is 0.235 e. The molecule has 0 heterocycles. The van der Waals surface area contributed by atoms with Gasteiger partial charge in [0.05, 0.1) is 10.9 Å². The normalized spacial score (nSPS) is 11.8. The summed E-state index contributed by atoms with van der Waals surface area (Å²) in [5.41, 5.74) is 0.942. The fourth-order valence-electron chi connectivity index (χ4n) is 1.08. The zero-order valence-corrected chi connectivity index (χ0v) is 9.73. The van der Waals surface area contributed by atoms with E-state index in [-0.39, 0.29) is 5.69 Å². The molecule has 0 saturated heterocycles. The SMILES string of the molecule is Cc1cc(F)cc(NS(=O)(=O)C(C)C)c1. The van der Waals surface area contributed by atoms with E-state index < -0.39 is 21.1 Å². The van der Waals surface area contributed by atoms with Gasteiger partial charge in [0.2, 0.25) is 10.0 Å². The molecule has 84 valence electrons. The number of benzene rings is 1. The molecule has 0 atom stereocenters. The number of nitrogens with one attached hydrogen (secondary N) is 1. The summed E-state index contributed by atoms with van der Waals surface area (Å²) in [6, 6.07) is 4.09. The van der Waals surface area contributed by atoms with Gasteiger partial charge in [-0.1, -0.05) is 0 Å². The lowest BCUT2D eigenvalue weighted by Crippen LogP contribution is -2.22. The molecule has 0 fully saturated rings. The van der Waals surface area contributed by atoms with E-state index in [2.05, 4.69) is 4.72 Å². The Kier molecular flexibility index (Phi) is 3.34. The van der Waals surface area contributed by atoms with Crippen LogP contribution in [0.25, 0.3) is 0 Å². The van der Waals surface area contributed by atoms with E-state index in [1.54, 1.807) is 26.8 Å². The lowest BCUT2D eigenvalue weighted by Gasteiger charge is -2.11. The molecular formula is C10H14FNO2S. The first-order valence-corrected chi connectivity index (χ1v) is 6.15. The van der Waals surface area contributed by atoms with Crippen molar-refractivity contribution in [1.82, 2.24) is 0 Å². The maximum atomic E-state index is 13.0. The Hall–Kier alpha value is -1.10. The molecule has 1 aromatic rings. The molecule has 3 nitrogen and oxygen atoms in total. The lowest BCUT2D eigenvalue weighted by atomic mass is 10.2. The molecule has 5 heteroatoms. The molecule has 0 bridgehead atoms. The van der Waals surface area contributed by atoms with Crippen LogP contribution in [0.15, 0.2) is 18.2 Å². The van der Waals surface area contributed by atoms with Crippen LogP contribution in [0.5, 0.6) is 0 Å². The number of rotatable bonds is 3. The van der Waals surface area contributed by atoms with Crippen molar-refractivity contribution in [2.24, 2.45) is 0 Å². The minimum Gasteiger partial charge on any atom is -0.283 e. The number of aryl methyl sites for hydroxylation is 1. The molecule has 1 N–H and O–H groups in total. The molecule has 0 spiro atoms. The first-order valence-electron chi connectivity index (χ1n) is 4.60. The van der Waals surface area contributed by atoms with E-state index in [1.165, 1.54) is 6.07 Å². The summed E-state index contributed by atoms with van der Waals surface area (Å²) >= 11 is 0. The summed E-state index contributed by atoms with van der Waals surface area (Å²) in [6.07, 6.45) is 0. The average molecular weight is 231 g/mol. The molecule has 0 aliphatic carbocycles. The lowest BCUT2D eigenvalue weighted by molar-refractivity contribution is 0.592. The van der Waals surface area contributed by atoms with Crippen molar-refractivity contribution >= 4 is 15.7 Å². The summed E-state index contributed by atoms with van der Waals surface area (Å²) in [5, 5.41) is -0.541. The van der Waals surface area contributed by atoms with E-state index in [4.69, 9.17) is 0 Å². The standard InChI is InChI=1S/C10H14FNO2S/c1-7(2)15(13,14)12-10-5-8(3)4-9(11)6-10/h4-7,12H,1-3H3. The van der Waals surface area contributed by atoms with Gasteiger partial charge in [0.15, 0.2) is 0 Å². The molecule has 1 aromatic carbocycles. The zero-order chi connectivity index (χ0) is 11.6. The molecule has 0 saturated carbocycles. The number of hydrogen-bond donors (Lipinski definition) is 1. The zero-order valence-electron chi connectivity index (χ0n) is 8.91. The molecule has 15 heavy (non-hydrogen) atoms. The molecule has 0 amide bonds. The summed E-state index contributed by atoms with van der Waals surface area (Å²) in [6.45, 7) is 4.83. The summed E-state index contributed by atoms with van der Waals surface area (Å²) in [4.78, 5) is 0. The molecule has 1 rings (SSSR count). The molecule has 0 radical (unpaired) electrons. The Morgan fingerprint density at radius 2 is 1.87 bits per heavy atom. The third-order valence-corrected chi connectivity index (χ3v) is 3.68. The largest absolute Gasteiger partial charge is 0.283 e. The van der Waals surface area contributed by atoms with Gasteiger partial charge in [-0.05, 0) is 44.5 Å². The van der Waals surface area contributed by atoms with Crippen LogP contribution in [0.3, 0.4) is 0 Å². The van der Waals surface area contributed by atoms with Gasteiger partial charge < -0.3 is 0 Å². The Morgan fingerprint density at radius 1 is 1.27 bits per heavy atom. The number of anilines is 1. The van der Waals surface area contributed by atoms with Crippen LogP contribution >= 0.6 is 0 Å². The fourth-order valence-corrected chi connectivity index (χ4v) is 1.76. The summed E-state index contributed by atoms with van der Waals surface area (Å²) in [7, 11) is -3.40. The molecular weight excluding hydrogens is 217 g/mol. The monoisotopic (exact) mass is 231 g/mol. The van der Waals surface area contributed by atoms with Gasteiger partial charge in [0.1, 0.15) is 5.82 Å². The highest BCUT2D eigenvalue weighted by Crippen LogP contribution is 2.16. The van der Waals surface area contributed by atoms with Gasteiger partial charge in [-0.25, -0.2) is 12.8 Å². The van der Waals surface area contributed by atoms with Gasteiger partial charge in [-0.15, -0.1) is 0 Å². The minimum atomic E-state index is -3.40. The van der Waals surface area contributed by atoms with Crippen LogP contribution in [-0.4, -0.2) is 13.7 Å². The Balaban J connectivity index is 3.00. The Bertz CT molecular complexity index is 434. The van der Waals surface area contributed by atoms with Crippen molar-refractivity contribution in [1.29, 1.82) is 0 Å². The highest BCUT2D eigenvalue weighted by atomic mass is 32.2. The van der Waals surface area contributed by atoms with Crippen molar-refractivity contribution in [3.05, 3.63) is 29.6 Å². The van der Waals surface area contributed by atoms with E-state index in [9.17, 15) is 12.8 Å². The Labute approximate surface area is 89.4 Å². The second kappa shape index (κ2) is 4.18. The third-order valence-electron chi connectivity index (χ3n) is 1.92. The van der Waals surface area contributed by atoms with Gasteiger partial charge in [0.25, 0.3) is 0 Å². The Morgan fingerprint density at radius 3 is 2.33 bits per heavy atom. The van der Waals surface area contributed by atoms with Gasteiger partial charge in [0, 0.05) is 0 Å². The van der Waals surface area contributed by atoms with E-state index >= 15 is 0 Å². The van der Waals surface area contributed by atoms with Crippen molar-refractivity contribution in [3.63, 3.8) is 0 Å². The predicted molar refractivity (Wildman–Crippen MR) is 58.8 cm³/mol. The van der Waals surface area contributed by atoms with Gasteiger partial charge in [-0.3, -0.25) is 4.72 Å². The molecule has 0 aliphatic heterocycles. The number of hydrogen-bond acceptors (Lipinski definition) is 2. The van der Waals surface area contributed by atoms with Crippen molar-refractivity contribution in [3.8, 4) is 0 Å². The predicted octanol–water partition coefficient (Wildman–Crippen LogP) is 2.28. The van der Waals surface area contributed by atoms with Crippen molar-refractivity contribution in [2.45, 2.75) is 26.0 Å². The second-order valence-electron chi connectivity index (χ2n) is 3.71. The minimum absolute atomic E-state index is 0.265. The molecule has 0 aliphatic rings. The van der Waals surface area contributed by atoms with Crippen molar-refractivity contribution in [2.75, 3.05) is 4.72 Å². The van der Waals surface area contributed by atoms with E-state index in [1.807, 2.05) is 0 Å². The van der Waals surface area contributed by atoms with Crippen LogP contribution < -0.4 is 4.72 Å². The van der Waals surface area contributed by atoms with E-state index in [0.717, 1.165) is 6.07 Å². The first kappa shape index (κ1) is 12.0.